The molecule has 0 bridgehead atoms. The van der Waals surface area contributed by atoms with Crippen molar-refractivity contribution in [2.45, 2.75) is 13.3 Å². The molecule has 0 spiro atoms. The fraction of sp³-hybridized carbons (Fsp3) is 0.769. The Kier molecular flexibility index (Phi) is 4.94. The second kappa shape index (κ2) is 6.69. The molecule has 0 N–H and O–H groups in total. The highest BCUT2D eigenvalue weighted by atomic mass is 16.5. The van der Waals surface area contributed by atoms with E-state index in [1.165, 1.54) is 6.92 Å². The van der Waals surface area contributed by atoms with Crippen LogP contribution in [0.3, 0.4) is 0 Å². The first-order chi connectivity index (χ1) is 9.58. The molecular weight excluding hydrogens is 262 g/mol. The zero-order valence-electron chi connectivity index (χ0n) is 11.8. The summed E-state index contributed by atoms with van der Waals surface area (Å²) in [7, 11) is 0. The van der Waals surface area contributed by atoms with Gasteiger partial charge in [0.2, 0.25) is 17.7 Å². The van der Waals surface area contributed by atoms with E-state index >= 15 is 0 Å². The quantitative estimate of drug-likeness (QED) is 0.605. The lowest BCUT2D eigenvalue weighted by Gasteiger charge is -2.34. The molecule has 7 heteroatoms. The van der Waals surface area contributed by atoms with Crippen LogP contribution in [-0.4, -0.2) is 84.9 Å². The number of carbonyl (C=O) groups excluding carboxylic acids is 3. The van der Waals surface area contributed by atoms with Crippen molar-refractivity contribution in [3.63, 3.8) is 0 Å². The van der Waals surface area contributed by atoms with Gasteiger partial charge in [-0.2, -0.15) is 0 Å². The van der Waals surface area contributed by atoms with Gasteiger partial charge >= 0.3 is 0 Å². The summed E-state index contributed by atoms with van der Waals surface area (Å²) in [4.78, 5) is 40.3. The third kappa shape index (κ3) is 3.69. The average Bonchev–Trinajstić information content (AvgIpc) is 2.48. The smallest absolute Gasteiger partial charge is 0.232 e. The highest BCUT2D eigenvalue weighted by Crippen LogP contribution is 2.07. The molecule has 0 aliphatic carbocycles. The molecule has 2 saturated heterocycles. The van der Waals surface area contributed by atoms with E-state index in [4.69, 9.17) is 4.74 Å². The van der Waals surface area contributed by atoms with E-state index in [2.05, 4.69) is 0 Å². The fourth-order valence-electron chi connectivity index (χ4n) is 2.44. The van der Waals surface area contributed by atoms with Crippen molar-refractivity contribution in [1.82, 2.24) is 14.7 Å². The number of piperazine rings is 1. The van der Waals surface area contributed by atoms with Crippen LogP contribution in [0.2, 0.25) is 0 Å². The minimum absolute atomic E-state index is 0.0292. The summed E-state index contributed by atoms with van der Waals surface area (Å²) in [6.45, 7) is 5.84. The second-order valence-corrected chi connectivity index (χ2v) is 5.06. The molecule has 0 atom stereocenters. The topological polar surface area (TPSA) is 70.2 Å². The Morgan fingerprint density at radius 3 is 1.75 bits per heavy atom. The Morgan fingerprint density at radius 2 is 1.25 bits per heavy atom. The van der Waals surface area contributed by atoms with Gasteiger partial charge in [-0.1, -0.05) is 0 Å². The molecule has 0 unspecified atom stereocenters. The first-order valence-corrected chi connectivity index (χ1v) is 6.97. The summed E-state index contributed by atoms with van der Waals surface area (Å²) in [6.07, 6.45) is -0.0833. The maximum Gasteiger partial charge on any atom is 0.232 e. The van der Waals surface area contributed by atoms with Gasteiger partial charge < -0.3 is 19.4 Å². The average molecular weight is 283 g/mol. The maximum atomic E-state index is 12.1. The van der Waals surface area contributed by atoms with Gasteiger partial charge in [-0.25, -0.2) is 0 Å². The highest BCUT2D eigenvalue weighted by molar-refractivity contribution is 5.97. The molecule has 0 aromatic rings. The Morgan fingerprint density at radius 1 is 0.800 bits per heavy atom. The van der Waals surface area contributed by atoms with Gasteiger partial charge in [-0.3, -0.25) is 14.4 Å². The van der Waals surface area contributed by atoms with Crippen LogP contribution in [0.4, 0.5) is 0 Å². The Bertz CT molecular complexity index is 385. The minimum Gasteiger partial charge on any atom is -0.378 e. The van der Waals surface area contributed by atoms with Gasteiger partial charge in [0.25, 0.3) is 0 Å². The normalized spacial score (nSPS) is 19.9. The molecule has 2 fully saturated rings. The van der Waals surface area contributed by atoms with E-state index in [-0.39, 0.29) is 24.1 Å². The largest absolute Gasteiger partial charge is 0.378 e. The van der Waals surface area contributed by atoms with E-state index in [1.54, 1.807) is 14.7 Å². The first kappa shape index (κ1) is 14.8. The third-order valence-electron chi connectivity index (χ3n) is 3.74. The zero-order valence-corrected chi connectivity index (χ0v) is 11.8. The lowest BCUT2D eigenvalue weighted by molar-refractivity contribution is -0.145. The molecule has 2 aliphatic rings. The SMILES string of the molecule is CC(=O)N1CCN(C(=O)CC(=O)N2CCOCC2)CC1. The Labute approximate surface area is 118 Å². The number of hydrogen-bond donors (Lipinski definition) is 0. The molecule has 2 aliphatic heterocycles. The van der Waals surface area contributed by atoms with E-state index in [0.29, 0.717) is 52.5 Å². The van der Waals surface area contributed by atoms with Crippen LogP contribution in [0.1, 0.15) is 13.3 Å². The van der Waals surface area contributed by atoms with E-state index in [9.17, 15) is 14.4 Å². The van der Waals surface area contributed by atoms with Crippen LogP contribution in [0, 0.1) is 0 Å². The Hall–Kier alpha value is -1.63. The summed E-state index contributed by atoms with van der Waals surface area (Å²) in [5, 5.41) is 0. The number of nitrogens with zero attached hydrogens (tertiary/aromatic N) is 3. The van der Waals surface area contributed by atoms with Crippen molar-refractivity contribution in [3.05, 3.63) is 0 Å². The van der Waals surface area contributed by atoms with Gasteiger partial charge in [0.15, 0.2) is 0 Å². The summed E-state index contributed by atoms with van der Waals surface area (Å²) >= 11 is 0. The summed E-state index contributed by atoms with van der Waals surface area (Å²) < 4.78 is 5.18. The summed E-state index contributed by atoms with van der Waals surface area (Å²) in [5.74, 6) is -0.251. The van der Waals surface area contributed by atoms with Crippen molar-refractivity contribution in [2.75, 3.05) is 52.5 Å². The van der Waals surface area contributed by atoms with E-state index in [1.807, 2.05) is 0 Å². The number of hydrogen-bond acceptors (Lipinski definition) is 4. The van der Waals surface area contributed by atoms with Gasteiger partial charge in [-0.05, 0) is 0 Å². The number of morpholine rings is 1. The molecule has 20 heavy (non-hydrogen) atoms. The molecule has 2 heterocycles. The van der Waals surface area contributed by atoms with E-state index in [0.717, 1.165) is 0 Å². The van der Waals surface area contributed by atoms with Gasteiger partial charge in [-0.15, -0.1) is 0 Å². The molecular formula is C13H21N3O4. The number of amides is 3. The standard InChI is InChI=1S/C13H21N3O4/c1-11(17)14-2-4-15(5-3-14)12(18)10-13(19)16-6-8-20-9-7-16/h2-10H2,1H3. The van der Waals surface area contributed by atoms with Gasteiger partial charge in [0, 0.05) is 46.2 Å². The zero-order chi connectivity index (χ0) is 14.5. The summed E-state index contributed by atoms with van der Waals surface area (Å²) in [5.41, 5.74) is 0. The molecule has 0 radical (unpaired) electrons. The molecule has 3 amide bonds. The molecule has 0 aromatic carbocycles. The van der Waals surface area contributed by atoms with E-state index < -0.39 is 0 Å². The molecule has 0 aromatic heterocycles. The van der Waals surface area contributed by atoms with Crippen LogP contribution < -0.4 is 0 Å². The lowest BCUT2D eigenvalue weighted by atomic mass is 10.2. The predicted octanol–water partition coefficient (Wildman–Crippen LogP) is -1.07. The molecule has 0 saturated carbocycles. The highest BCUT2D eigenvalue weighted by Gasteiger charge is 2.26. The van der Waals surface area contributed by atoms with Crippen molar-refractivity contribution in [3.8, 4) is 0 Å². The number of ether oxygens (including phenoxy) is 1. The second-order valence-electron chi connectivity index (χ2n) is 5.06. The van der Waals surface area contributed by atoms with Crippen molar-refractivity contribution < 1.29 is 19.1 Å². The molecule has 112 valence electrons. The fourth-order valence-corrected chi connectivity index (χ4v) is 2.44. The number of carbonyl (C=O) groups is 3. The van der Waals surface area contributed by atoms with Crippen molar-refractivity contribution >= 4 is 17.7 Å². The monoisotopic (exact) mass is 283 g/mol. The lowest BCUT2D eigenvalue weighted by Crippen LogP contribution is -2.51. The van der Waals surface area contributed by atoms with Crippen molar-refractivity contribution in [1.29, 1.82) is 0 Å². The van der Waals surface area contributed by atoms with Gasteiger partial charge in [0.1, 0.15) is 6.42 Å². The molecule has 2 rings (SSSR count). The van der Waals surface area contributed by atoms with Crippen LogP contribution >= 0.6 is 0 Å². The third-order valence-corrected chi connectivity index (χ3v) is 3.74. The number of rotatable bonds is 2. The van der Waals surface area contributed by atoms with Crippen molar-refractivity contribution in [2.24, 2.45) is 0 Å². The van der Waals surface area contributed by atoms with Crippen LogP contribution in [-0.2, 0) is 19.1 Å². The van der Waals surface area contributed by atoms with Gasteiger partial charge in [0.05, 0.1) is 13.2 Å². The predicted molar refractivity (Wildman–Crippen MR) is 70.9 cm³/mol. The Balaban J connectivity index is 1.77. The van der Waals surface area contributed by atoms with Crippen LogP contribution in [0.5, 0.6) is 0 Å². The minimum atomic E-state index is -0.148. The first-order valence-electron chi connectivity index (χ1n) is 6.97. The molecule has 7 nitrogen and oxygen atoms in total. The van der Waals surface area contributed by atoms with Crippen LogP contribution in [0.25, 0.3) is 0 Å². The summed E-state index contributed by atoms with van der Waals surface area (Å²) in [6, 6.07) is 0. The van der Waals surface area contributed by atoms with Crippen LogP contribution in [0.15, 0.2) is 0 Å². The maximum absolute atomic E-state index is 12.1.